The zero-order valence-corrected chi connectivity index (χ0v) is 17.3. The molecule has 0 aliphatic carbocycles. The average Bonchev–Trinajstić information content (AvgIpc) is 3.01. The fraction of sp³-hybridized carbons (Fsp3) is 0.471. The number of aromatic nitrogens is 6. The second kappa shape index (κ2) is 10.1. The molecule has 3 heterocycles. The number of nitrogens with one attached hydrogen (secondary N) is 2. The van der Waals surface area contributed by atoms with E-state index in [9.17, 15) is 0 Å². The van der Waals surface area contributed by atoms with Crippen molar-refractivity contribution in [2.75, 3.05) is 44.6 Å². The fourth-order valence-electron chi connectivity index (χ4n) is 2.65. The van der Waals surface area contributed by atoms with Gasteiger partial charge < -0.3 is 20.3 Å². The second-order valence-electron chi connectivity index (χ2n) is 6.08. The minimum Gasteiger partial charge on any atom is -0.380 e. The van der Waals surface area contributed by atoms with E-state index >= 15 is 0 Å². The van der Waals surface area contributed by atoms with Gasteiger partial charge in [-0.3, -0.25) is 4.68 Å². The molecule has 0 saturated heterocycles. The molecule has 3 rings (SSSR count). The topological polar surface area (TPSA) is 106 Å². The van der Waals surface area contributed by atoms with E-state index in [1.54, 1.807) is 12.3 Å². The third-order valence-electron chi connectivity index (χ3n) is 3.87. The first-order chi connectivity index (χ1) is 13.1. The Morgan fingerprint density at radius 3 is 2.71 bits per heavy atom. The molecule has 0 unspecified atom stereocenters. The molecule has 152 valence electrons. The predicted octanol–water partition coefficient (Wildman–Crippen LogP) is 1.60. The Morgan fingerprint density at radius 1 is 1.25 bits per heavy atom. The van der Waals surface area contributed by atoms with Gasteiger partial charge in [0.2, 0.25) is 5.95 Å². The van der Waals surface area contributed by atoms with Crippen molar-refractivity contribution in [1.29, 1.82) is 0 Å². The summed E-state index contributed by atoms with van der Waals surface area (Å²) in [6.45, 7) is 4.42. The Kier molecular flexibility index (Phi) is 7.85. The molecular weight excluding hydrogens is 382 g/mol. The molecule has 0 amide bonds. The number of hydrogen-bond acceptors (Lipinski definition) is 9. The molecule has 0 aliphatic heterocycles. The molecule has 0 fully saturated rings. The van der Waals surface area contributed by atoms with Gasteiger partial charge in [-0.15, -0.1) is 12.4 Å². The van der Waals surface area contributed by atoms with Crippen LogP contribution in [0.5, 0.6) is 0 Å². The zero-order chi connectivity index (χ0) is 19.2. The maximum Gasteiger partial charge on any atom is 0.227 e. The highest BCUT2D eigenvalue weighted by Gasteiger charge is 2.19. The lowest BCUT2D eigenvalue weighted by Gasteiger charge is -2.14. The smallest absolute Gasteiger partial charge is 0.227 e. The third kappa shape index (κ3) is 4.83. The highest BCUT2D eigenvalue weighted by molar-refractivity contribution is 5.90. The van der Waals surface area contributed by atoms with Crippen molar-refractivity contribution in [3.8, 4) is 0 Å². The van der Waals surface area contributed by atoms with Crippen LogP contribution in [0.1, 0.15) is 12.6 Å². The Balaban J connectivity index is 0.00000280. The summed E-state index contributed by atoms with van der Waals surface area (Å²) in [6, 6.07) is 1.79. The number of hydrogen-bond donors (Lipinski definition) is 2. The molecule has 0 saturated carbocycles. The third-order valence-corrected chi connectivity index (χ3v) is 3.87. The van der Waals surface area contributed by atoms with E-state index in [0.29, 0.717) is 43.9 Å². The molecule has 3 aromatic rings. The minimum absolute atomic E-state index is 0. The molecule has 0 bridgehead atoms. The van der Waals surface area contributed by atoms with Crippen LogP contribution in [-0.2, 0) is 17.8 Å². The van der Waals surface area contributed by atoms with Crippen molar-refractivity contribution in [3.05, 3.63) is 24.3 Å². The molecule has 0 aliphatic rings. The molecule has 0 aromatic carbocycles. The number of anilines is 3. The van der Waals surface area contributed by atoms with E-state index < -0.39 is 0 Å². The van der Waals surface area contributed by atoms with E-state index in [-0.39, 0.29) is 12.4 Å². The van der Waals surface area contributed by atoms with Gasteiger partial charge in [-0.1, -0.05) is 0 Å². The molecule has 28 heavy (non-hydrogen) atoms. The van der Waals surface area contributed by atoms with Crippen molar-refractivity contribution < 1.29 is 4.74 Å². The van der Waals surface area contributed by atoms with E-state index in [0.717, 1.165) is 16.7 Å². The fourth-order valence-corrected chi connectivity index (χ4v) is 2.65. The van der Waals surface area contributed by atoms with Gasteiger partial charge in [0.25, 0.3) is 0 Å². The summed E-state index contributed by atoms with van der Waals surface area (Å²) in [7, 11) is 5.71. The van der Waals surface area contributed by atoms with Gasteiger partial charge in [-0.2, -0.15) is 10.1 Å². The molecule has 2 N–H and O–H groups in total. The van der Waals surface area contributed by atoms with Gasteiger partial charge in [0, 0.05) is 33.4 Å². The van der Waals surface area contributed by atoms with Crippen LogP contribution < -0.4 is 15.5 Å². The quantitative estimate of drug-likeness (QED) is 0.511. The van der Waals surface area contributed by atoms with Gasteiger partial charge in [0.05, 0.1) is 13.2 Å². The minimum atomic E-state index is 0. The van der Waals surface area contributed by atoms with Crippen LogP contribution in [0, 0.1) is 0 Å². The second-order valence-corrected chi connectivity index (χ2v) is 6.08. The van der Waals surface area contributed by atoms with Crippen molar-refractivity contribution in [2.45, 2.75) is 20.0 Å². The van der Waals surface area contributed by atoms with Crippen molar-refractivity contribution in [1.82, 2.24) is 35.0 Å². The number of nitrogens with zero attached hydrogens (tertiary/aromatic N) is 7. The first-order valence-corrected chi connectivity index (χ1v) is 8.84. The number of rotatable bonds is 9. The van der Waals surface area contributed by atoms with Crippen molar-refractivity contribution in [3.63, 3.8) is 0 Å². The summed E-state index contributed by atoms with van der Waals surface area (Å²) < 4.78 is 7.40. The summed E-state index contributed by atoms with van der Waals surface area (Å²) in [5, 5.41) is 11.2. The van der Waals surface area contributed by atoms with Crippen LogP contribution in [-0.4, -0.2) is 64.1 Å². The number of halogens is 1. The normalized spacial score (nSPS) is 10.7. The van der Waals surface area contributed by atoms with Gasteiger partial charge in [0.15, 0.2) is 5.82 Å². The van der Waals surface area contributed by atoms with E-state index in [1.807, 2.05) is 37.6 Å². The molecule has 10 nitrogen and oxygen atoms in total. The van der Waals surface area contributed by atoms with Crippen LogP contribution >= 0.6 is 12.4 Å². The SMILES string of the molecule is CCOCCn1nc(CNC)c2nc(N(C)C)nc(Nc3ccncn3)c21.Cl. The summed E-state index contributed by atoms with van der Waals surface area (Å²) in [5.41, 5.74) is 2.49. The molecule has 0 atom stereocenters. The van der Waals surface area contributed by atoms with E-state index in [2.05, 4.69) is 25.6 Å². The average molecular weight is 408 g/mol. The van der Waals surface area contributed by atoms with Crippen LogP contribution in [0.3, 0.4) is 0 Å². The molecule has 0 radical (unpaired) electrons. The van der Waals surface area contributed by atoms with Gasteiger partial charge in [-0.25, -0.2) is 15.0 Å². The Bertz CT molecular complexity index is 885. The lowest BCUT2D eigenvalue weighted by molar-refractivity contribution is 0.137. The number of ether oxygens (including phenoxy) is 1. The Morgan fingerprint density at radius 2 is 2.07 bits per heavy atom. The van der Waals surface area contributed by atoms with Gasteiger partial charge in [-0.05, 0) is 20.0 Å². The van der Waals surface area contributed by atoms with Crippen molar-refractivity contribution in [2.24, 2.45) is 0 Å². The van der Waals surface area contributed by atoms with Gasteiger partial charge >= 0.3 is 0 Å². The highest BCUT2D eigenvalue weighted by atomic mass is 35.5. The molecule has 3 aromatic heterocycles. The first-order valence-electron chi connectivity index (χ1n) is 8.84. The highest BCUT2D eigenvalue weighted by Crippen LogP contribution is 2.27. The predicted molar refractivity (Wildman–Crippen MR) is 111 cm³/mol. The molecule has 0 spiro atoms. The van der Waals surface area contributed by atoms with Crippen LogP contribution in [0.2, 0.25) is 0 Å². The lowest BCUT2D eigenvalue weighted by Crippen LogP contribution is -2.15. The summed E-state index contributed by atoms with van der Waals surface area (Å²) in [4.78, 5) is 19.5. The van der Waals surface area contributed by atoms with E-state index in [1.165, 1.54) is 6.33 Å². The van der Waals surface area contributed by atoms with Gasteiger partial charge in [0.1, 0.15) is 28.9 Å². The molecule has 11 heteroatoms. The van der Waals surface area contributed by atoms with E-state index in [4.69, 9.17) is 14.8 Å². The maximum atomic E-state index is 5.51. The number of fused-ring (bicyclic) bond motifs is 1. The van der Waals surface area contributed by atoms with Crippen molar-refractivity contribution >= 4 is 41.0 Å². The standard InChI is InChI=1S/C17H25N9O.ClH/c1-5-27-9-8-26-15-14(12(24-26)10-18-2)22-17(25(3)4)23-16(15)21-13-6-7-19-11-20-13;/h6-7,11,18H,5,8-10H2,1-4H3,(H,19,20,21,22,23);1H. The van der Waals surface area contributed by atoms with Crippen LogP contribution in [0.15, 0.2) is 18.6 Å². The maximum absolute atomic E-state index is 5.51. The summed E-state index contributed by atoms with van der Waals surface area (Å²) in [5.74, 6) is 1.90. The largest absolute Gasteiger partial charge is 0.380 e. The van der Waals surface area contributed by atoms with Crippen LogP contribution in [0.4, 0.5) is 17.6 Å². The molecular formula is C17H26ClN9O. The monoisotopic (exact) mass is 407 g/mol. The zero-order valence-electron chi connectivity index (χ0n) is 16.5. The van der Waals surface area contributed by atoms with Crippen LogP contribution in [0.25, 0.3) is 11.0 Å². The lowest BCUT2D eigenvalue weighted by atomic mass is 10.3. The Hall–Kier alpha value is -2.56. The summed E-state index contributed by atoms with van der Waals surface area (Å²) in [6.07, 6.45) is 3.17. The first kappa shape index (κ1) is 21.7. The Labute approximate surface area is 170 Å². The summed E-state index contributed by atoms with van der Waals surface area (Å²) >= 11 is 0.